The van der Waals surface area contributed by atoms with Gasteiger partial charge in [-0.15, -0.1) is 21.6 Å². The Bertz CT molecular complexity index is 709. The van der Waals surface area contributed by atoms with Crippen molar-refractivity contribution in [3.63, 3.8) is 0 Å². The van der Waals surface area contributed by atoms with E-state index in [2.05, 4.69) is 31.7 Å². The van der Waals surface area contributed by atoms with E-state index in [1.165, 1.54) is 18.4 Å². The van der Waals surface area contributed by atoms with Crippen LogP contribution in [0.4, 0.5) is 16.5 Å². The maximum Gasteiger partial charge on any atom is 0.305 e. The van der Waals surface area contributed by atoms with Crippen molar-refractivity contribution < 1.29 is 9.53 Å². The zero-order valence-electron chi connectivity index (χ0n) is 12.4. The third-order valence-electron chi connectivity index (χ3n) is 2.96. The lowest BCUT2D eigenvalue weighted by Crippen LogP contribution is -2.01. The molecule has 0 aliphatic heterocycles. The number of azo groups is 1. The summed E-state index contributed by atoms with van der Waals surface area (Å²) < 4.78 is 4.60. The van der Waals surface area contributed by atoms with Crippen molar-refractivity contribution in [3.8, 4) is 0 Å². The fourth-order valence-corrected chi connectivity index (χ4v) is 2.41. The lowest BCUT2D eigenvalue weighted by atomic mass is 10.2. The number of aromatic nitrogens is 1. The van der Waals surface area contributed by atoms with E-state index in [4.69, 9.17) is 0 Å². The van der Waals surface area contributed by atoms with Crippen LogP contribution in [0.15, 0.2) is 38.8 Å². The summed E-state index contributed by atoms with van der Waals surface area (Å²) in [5.41, 5.74) is 3.35. The van der Waals surface area contributed by atoms with Gasteiger partial charge in [0.15, 0.2) is 0 Å². The number of ether oxygens (including phenoxy) is 1. The number of rotatable bonds is 6. The van der Waals surface area contributed by atoms with Gasteiger partial charge in [-0.05, 0) is 37.4 Å². The third-order valence-corrected chi connectivity index (χ3v) is 3.73. The molecular formula is C15H16N4O2S. The molecule has 0 radical (unpaired) electrons. The van der Waals surface area contributed by atoms with Crippen LogP contribution < -0.4 is 0 Å². The molecule has 6 nitrogen and oxygen atoms in total. The maximum atomic E-state index is 11.1. The fraction of sp³-hybridized carbons (Fsp3) is 0.267. The second kappa shape index (κ2) is 7.56. The molecule has 0 amide bonds. The van der Waals surface area contributed by atoms with Crippen LogP contribution in [0.25, 0.3) is 0 Å². The van der Waals surface area contributed by atoms with Crippen LogP contribution in [-0.2, 0) is 16.0 Å². The van der Waals surface area contributed by atoms with Crippen molar-refractivity contribution in [1.82, 2.24) is 4.98 Å². The van der Waals surface area contributed by atoms with Gasteiger partial charge in [-0.25, -0.2) is 4.98 Å². The molecule has 0 saturated carbocycles. The molecule has 0 aliphatic carbocycles. The van der Waals surface area contributed by atoms with Crippen molar-refractivity contribution in [2.75, 3.05) is 7.11 Å². The molecular weight excluding hydrogens is 300 g/mol. The zero-order chi connectivity index (χ0) is 15.9. The quantitative estimate of drug-likeness (QED) is 0.453. The highest BCUT2D eigenvalue weighted by molar-refractivity contribution is 7.13. The lowest BCUT2D eigenvalue weighted by molar-refractivity contribution is -0.140. The molecule has 7 heteroatoms. The first kappa shape index (κ1) is 16.0. The number of hydrogen-bond acceptors (Lipinski definition) is 7. The monoisotopic (exact) mass is 316 g/mol. The van der Waals surface area contributed by atoms with Crippen molar-refractivity contribution in [2.24, 2.45) is 15.2 Å². The third kappa shape index (κ3) is 4.29. The maximum absolute atomic E-state index is 11.1. The number of carbonyl (C=O) groups is 1. The van der Waals surface area contributed by atoms with E-state index in [1.54, 1.807) is 0 Å². The van der Waals surface area contributed by atoms with Crippen molar-refractivity contribution >= 4 is 40.5 Å². The number of nitrogens with zero attached hydrogens (tertiary/aromatic N) is 4. The molecule has 1 heterocycles. The van der Waals surface area contributed by atoms with Crippen LogP contribution >= 0.6 is 11.3 Å². The van der Waals surface area contributed by atoms with Crippen LogP contribution in [0, 0.1) is 6.92 Å². The van der Waals surface area contributed by atoms with E-state index in [0.29, 0.717) is 18.0 Å². The van der Waals surface area contributed by atoms with Crippen molar-refractivity contribution in [2.45, 2.75) is 19.8 Å². The molecule has 0 aliphatic rings. The first-order chi connectivity index (χ1) is 10.6. The normalized spacial score (nSPS) is 10.8. The summed E-state index contributed by atoms with van der Waals surface area (Å²) in [5.74, 6) is -0.247. The number of esters is 1. The second-order valence-electron chi connectivity index (χ2n) is 4.53. The highest BCUT2D eigenvalue weighted by Gasteiger charge is 2.05. The van der Waals surface area contributed by atoms with Gasteiger partial charge in [-0.1, -0.05) is 0 Å². The van der Waals surface area contributed by atoms with Crippen molar-refractivity contribution in [1.29, 1.82) is 0 Å². The van der Waals surface area contributed by atoms with Crippen LogP contribution in [0.5, 0.6) is 0 Å². The molecule has 22 heavy (non-hydrogen) atoms. The van der Waals surface area contributed by atoms with Crippen LogP contribution in [0.3, 0.4) is 0 Å². The van der Waals surface area contributed by atoms with Gasteiger partial charge in [0.2, 0.25) is 5.13 Å². The minimum atomic E-state index is -0.247. The minimum Gasteiger partial charge on any atom is -0.469 e. The predicted octanol–water partition coefficient (Wildman–Crippen LogP) is 4.30. The number of hydrogen-bond donors (Lipinski definition) is 0. The molecule has 0 fully saturated rings. The Hall–Kier alpha value is -2.41. The van der Waals surface area contributed by atoms with Gasteiger partial charge in [0.05, 0.1) is 30.6 Å². The van der Waals surface area contributed by atoms with E-state index in [1.807, 2.05) is 30.5 Å². The summed E-state index contributed by atoms with van der Waals surface area (Å²) >= 11 is 1.39. The van der Waals surface area contributed by atoms with Gasteiger partial charge >= 0.3 is 5.97 Å². The average Bonchev–Trinajstić information content (AvgIpc) is 2.99. The van der Waals surface area contributed by atoms with E-state index in [0.717, 1.165) is 22.6 Å². The SMILES string of the molecule is C=Nc1ccc(N=Nc2nc(CCC(=O)OC)cs2)c(C)c1. The van der Waals surface area contributed by atoms with Gasteiger partial charge < -0.3 is 4.74 Å². The molecule has 2 rings (SSSR count). The van der Waals surface area contributed by atoms with E-state index in [-0.39, 0.29) is 5.97 Å². The topological polar surface area (TPSA) is 76.3 Å². The number of carbonyl (C=O) groups excluding carboxylic acids is 1. The average molecular weight is 316 g/mol. The van der Waals surface area contributed by atoms with Gasteiger partial charge in [-0.3, -0.25) is 9.79 Å². The Morgan fingerprint density at radius 1 is 1.41 bits per heavy atom. The van der Waals surface area contributed by atoms with Crippen LogP contribution in [0.1, 0.15) is 17.7 Å². The summed E-state index contributed by atoms with van der Waals surface area (Å²) in [7, 11) is 1.37. The first-order valence-electron chi connectivity index (χ1n) is 6.62. The molecule has 0 atom stereocenters. The number of benzene rings is 1. The van der Waals surface area contributed by atoms with E-state index >= 15 is 0 Å². The van der Waals surface area contributed by atoms with Gasteiger partial charge in [0.25, 0.3) is 0 Å². The number of methoxy groups -OCH3 is 1. The Morgan fingerprint density at radius 3 is 2.91 bits per heavy atom. The predicted molar refractivity (Wildman–Crippen MR) is 87.0 cm³/mol. The van der Waals surface area contributed by atoms with Gasteiger partial charge in [0.1, 0.15) is 0 Å². The molecule has 0 saturated heterocycles. The van der Waals surface area contributed by atoms with E-state index < -0.39 is 0 Å². The van der Waals surface area contributed by atoms with E-state index in [9.17, 15) is 4.79 Å². The summed E-state index contributed by atoms with van der Waals surface area (Å²) in [6.45, 7) is 5.43. The molecule has 0 spiro atoms. The molecule has 2 aromatic rings. The number of thiazole rings is 1. The highest BCUT2D eigenvalue weighted by Crippen LogP contribution is 2.27. The second-order valence-corrected chi connectivity index (χ2v) is 5.36. The van der Waals surface area contributed by atoms with Crippen molar-refractivity contribution in [3.05, 3.63) is 34.8 Å². The summed E-state index contributed by atoms with van der Waals surface area (Å²) in [4.78, 5) is 19.3. The van der Waals surface area contributed by atoms with Crippen LogP contribution in [0.2, 0.25) is 0 Å². The minimum absolute atomic E-state index is 0.247. The Morgan fingerprint density at radius 2 is 2.23 bits per heavy atom. The molecule has 114 valence electrons. The fourth-order valence-electron chi connectivity index (χ4n) is 1.74. The highest BCUT2D eigenvalue weighted by atomic mass is 32.1. The number of aryl methyl sites for hydroxylation is 2. The summed E-state index contributed by atoms with van der Waals surface area (Å²) in [6.07, 6.45) is 0.851. The molecule has 1 aromatic heterocycles. The largest absolute Gasteiger partial charge is 0.469 e. The summed E-state index contributed by atoms with van der Waals surface area (Å²) in [6, 6.07) is 5.57. The summed E-state index contributed by atoms with van der Waals surface area (Å²) in [5, 5.41) is 10.8. The first-order valence-corrected chi connectivity index (χ1v) is 7.50. The number of aliphatic imine (C=N–C) groups is 1. The lowest BCUT2D eigenvalue weighted by Gasteiger charge is -1.99. The Kier molecular flexibility index (Phi) is 5.48. The van der Waals surface area contributed by atoms with Crippen LogP contribution in [-0.4, -0.2) is 24.8 Å². The molecule has 0 N–H and O–H groups in total. The Labute approximate surface area is 132 Å². The van der Waals surface area contributed by atoms with Gasteiger partial charge in [-0.2, -0.15) is 0 Å². The zero-order valence-corrected chi connectivity index (χ0v) is 13.3. The standard InChI is InChI=1S/C15H16N4O2S/c1-10-8-11(16-2)4-6-13(10)18-19-15-17-12(9-22-15)5-7-14(20)21-3/h4,6,8-9H,2,5,7H2,1,3H3. The molecule has 0 unspecified atom stereocenters. The molecule has 0 bridgehead atoms. The molecule has 1 aromatic carbocycles. The smallest absolute Gasteiger partial charge is 0.305 e. The van der Waals surface area contributed by atoms with Gasteiger partial charge in [0, 0.05) is 11.8 Å². The Balaban J connectivity index is 2.03.